The molecule has 0 atom stereocenters. The van der Waals surface area contributed by atoms with E-state index < -0.39 is 0 Å². The van der Waals surface area contributed by atoms with Gasteiger partial charge in [0, 0.05) is 32.1 Å². The molecule has 1 aromatic heterocycles. The van der Waals surface area contributed by atoms with Gasteiger partial charge in [-0.25, -0.2) is 0 Å². The van der Waals surface area contributed by atoms with E-state index in [9.17, 15) is 0 Å². The fraction of sp³-hybridized carbons (Fsp3) is 0.333. The van der Waals surface area contributed by atoms with E-state index in [-0.39, 0.29) is 0 Å². The molecule has 22 heavy (non-hydrogen) atoms. The fourth-order valence-corrected chi connectivity index (χ4v) is 2.80. The van der Waals surface area contributed by atoms with Crippen LogP contribution in [0.2, 0.25) is 0 Å². The predicted molar refractivity (Wildman–Crippen MR) is 91.5 cm³/mol. The van der Waals surface area contributed by atoms with Crippen molar-refractivity contribution in [1.82, 2.24) is 15.1 Å². The van der Waals surface area contributed by atoms with Gasteiger partial charge in [-0.3, -0.25) is 4.68 Å². The highest BCUT2D eigenvalue weighted by atomic mass is 32.1. The quantitative estimate of drug-likeness (QED) is 0.752. The summed E-state index contributed by atoms with van der Waals surface area (Å²) in [6, 6.07) is 7.67. The van der Waals surface area contributed by atoms with Gasteiger partial charge in [0.1, 0.15) is 11.6 Å². The third-order valence-corrected chi connectivity index (χ3v) is 3.86. The normalized spacial score (nSPS) is 13.4. The predicted octanol–water partition coefficient (Wildman–Crippen LogP) is 1.88. The van der Waals surface area contributed by atoms with E-state index in [1.165, 1.54) is 5.56 Å². The third kappa shape index (κ3) is 2.90. The molecule has 2 aromatic rings. The highest BCUT2D eigenvalue weighted by molar-refractivity contribution is 7.80. The SMILES string of the molecule is COc1ccccc1NC(=S)Nc1c2c(nn1C)CCNC2. The molecule has 0 saturated heterocycles. The summed E-state index contributed by atoms with van der Waals surface area (Å²) < 4.78 is 7.16. The van der Waals surface area contributed by atoms with Crippen LogP contribution >= 0.6 is 12.2 Å². The van der Waals surface area contributed by atoms with Crippen molar-refractivity contribution in [2.75, 3.05) is 24.3 Å². The van der Waals surface area contributed by atoms with Gasteiger partial charge in [0.15, 0.2) is 5.11 Å². The monoisotopic (exact) mass is 317 g/mol. The molecule has 1 aliphatic heterocycles. The van der Waals surface area contributed by atoms with Gasteiger partial charge in [0.25, 0.3) is 0 Å². The van der Waals surface area contributed by atoms with Crippen molar-refractivity contribution < 1.29 is 4.74 Å². The molecule has 0 radical (unpaired) electrons. The van der Waals surface area contributed by atoms with Gasteiger partial charge in [0.05, 0.1) is 18.5 Å². The number of hydrogen-bond donors (Lipinski definition) is 3. The van der Waals surface area contributed by atoms with Crippen LogP contribution in [0.4, 0.5) is 11.5 Å². The standard InChI is InChI=1S/C15H19N5OS/c1-20-14(10-9-16-8-7-11(10)19-20)18-15(22)17-12-5-3-4-6-13(12)21-2/h3-6,16H,7-9H2,1-2H3,(H2,17,18,22). The Morgan fingerprint density at radius 3 is 3.00 bits per heavy atom. The van der Waals surface area contributed by atoms with Crippen LogP contribution in [0.15, 0.2) is 24.3 Å². The van der Waals surface area contributed by atoms with Crippen molar-refractivity contribution in [2.45, 2.75) is 13.0 Å². The van der Waals surface area contributed by atoms with E-state index in [4.69, 9.17) is 17.0 Å². The average Bonchev–Trinajstić information content (AvgIpc) is 2.84. The van der Waals surface area contributed by atoms with Crippen LogP contribution in [0.3, 0.4) is 0 Å². The zero-order chi connectivity index (χ0) is 15.5. The number of nitrogens with one attached hydrogen (secondary N) is 3. The first-order chi connectivity index (χ1) is 10.7. The Hall–Kier alpha value is -2.12. The van der Waals surface area contributed by atoms with E-state index in [2.05, 4.69) is 21.0 Å². The summed E-state index contributed by atoms with van der Waals surface area (Å²) in [5.74, 6) is 1.68. The Kier molecular flexibility index (Phi) is 4.26. The summed E-state index contributed by atoms with van der Waals surface area (Å²) in [6.07, 6.45) is 0.942. The molecule has 6 nitrogen and oxygen atoms in total. The van der Waals surface area contributed by atoms with E-state index in [1.807, 2.05) is 36.0 Å². The molecular weight excluding hydrogens is 298 g/mol. The number of para-hydroxylation sites is 2. The maximum atomic E-state index is 5.42. The third-order valence-electron chi connectivity index (χ3n) is 3.66. The summed E-state index contributed by atoms with van der Waals surface area (Å²) in [7, 11) is 3.56. The molecule has 116 valence electrons. The summed E-state index contributed by atoms with van der Waals surface area (Å²) in [4.78, 5) is 0. The number of aromatic nitrogens is 2. The highest BCUT2D eigenvalue weighted by Gasteiger charge is 2.19. The number of fused-ring (bicyclic) bond motifs is 1. The van der Waals surface area contributed by atoms with E-state index in [1.54, 1.807) is 7.11 Å². The molecule has 0 aliphatic carbocycles. The minimum atomic E-state index is 0.515. The van der Waals surface area contributed by atoms with E-state index in [0.29, 0.717) is 5.11 Å². The van der Waals surface area contributed by atoms with Gasteiger partial charge in [-0.2, -0.15) is 5.10 Å². The van der Waals surface area contributed by atoms with Crippen LogP contribution in [-0.4, -0.2) is 28.5 Å². The Bertz CT molecular complexity index is 697. The topological polar surface area (TPSA) is 63.1 Å². The van der Waals surface area contributed by atoms with Crippen molar-refractivity contribution in [3.63, 3.8) is 0 Å². The molecule has 0 saturated carbocycles. The van der Waals surface area contributed by atoms with Gasteiger partial charge in [0.2, 0.25) is 0 Å². The van der Waals surface area contributed by atoms with Crippen molar-refractivity contribution in [3.05, 3.63) is 35.5 Å². The van der Waals surface area contributed by atoms with Crippen LogP contribution in [-0.2, 0) is 20.0 Å². The highest BCUT2D eigenvalue weighted by Crippen LogP contribution is 2.25. The second-order valence-electron chi connectivity index (χ2n) is 5.10. The number of hydrogen-bond acceptors (Lipinski definition) is 4. The van der Waals surface area contributed by atoms with Gasteiger partial charge >= 0.3 is 0 Å². The van der Waals surface area contributed by atoms with Crippen molar-refractivity contribution >= 4 is 28.8 Å². The van der Waals surface area contributed by atoms with Crippen LogP contribution in [0, 0.1) is 0 Å². The maximum Gasteiger partial charge on any atom is 0.176 e. The zero-order valence-electron chi connectivity index (χ0n) is 12.6. The molecule has 7 heteroatoms. The molecule has 0 spiro atoms. The summed E-state index contributed by atoms with van der Waals surface area (Å²) in [5, 5.41) is 14.8. The molecule has 0 unspecified atom stereocenters. The largest absolute Gasteiger partial charge is 0.495 e. The zero-order valence-corrected chi connectivity index (χ0v) is 13.5. The smallest absolute Gasteiger partial charge is 0.176 e. The number of benzene rings is 1. The summed E-state index contributed by atoms with van der Waals surface area (Å²) >= 11 is 5.42. The Balaban J connectivity index is 1.76. The molecule has 0 bridgehead atoms. The molecule has 1 aromatic carbocycles. The first-order valence-electron chi connectivity index (χ1n) is 7.15. The molecule has 0 amide bonds. The number of thiocarbonyl (C=S) groups is 1. The first-order valence-corrected chi connectivity index (χ1v) is 7.56. The van der Waals surface area contributed by atoms with Gasteiger partial charge in [-0.15, -0.1) is 0 Å². The van der Waals surface area contributed by atoms with Gasteiger partial charge in [-0.1, -0.05) is 12.1 Å². The lowest BCUT2D eigenvalue weighted by molar-refractivity contribution is 0.417. The van der Waals surface area contributed by atoms with Crippen LogP contribution in [0.1, 0.15) is 11.3 Å². The second-order valence-corrected chi connectivity index (χ2v) is 5.51. The van der Waals surface area contributed by atoms with Crippen LogP contribution in [0.5, 0.6) is 5.75 Å². The molecule has 3 rings (SSSR count). The summed E-state index contributed by atoms with van der Waals surface area (Å²) in [5.41, 5.74) is 3.14. The van der Waals surface area contributed by atoms with Crippen molar-refractivity contribution in [1.29, 1.82) is 0 Å². The van der Waals surface area contributed by atoms with E-state index >= 15 is 0 Å². The number of nitrogens with zero attached hydrogens (tertiary/aromatic N) is 2. The number of aryl methyl sites for hydroxylation is 1. The molecule has 2 heterocycles. The second kappa shape index (κ2) is 6.33. The lowest BCUT2D eigenvalue weighted by Gasteiger charge is -2.16. The Morgan fingerprint density at radius 1 is 1.36 bits per heavy atom. The van der Waals surface area contributed by atoms with E-state index in [0.717, 1.165) is 42.5 Å². The number of ether oxygens (including phenoxy) is 1. The summed E-state index contributed by atoms with van der Waals surface area (Å²) in [6.45, 7) is 1.77. The van der Waals surface area contributed by atoms with Crippen molar-refractivity contribution in [3.8, 4) is 5.75 Å². The lowest BCUT2D eigenvalue weighted by atomic mass is 10.1. The molecule has 1 aliphatic rings. The van der Waals surface area contributed by atoms with Gasteiger partial charge in [-0.05, 0) is 24.4 Å². The number of rotatable bonds is 3. The van der Waals surface area contributed by atoms with Crippen molar-refractivity contribution in [2.24, 2.45) is 7.05 Å². The number of methoxy groups -OCH3 is 1. The Labute approximate surface area is 134 Å². The Morgan fingerprint density at radius 2 is 2.18 bits per heavy atom. The maximum absolute atomic E-state index is 5.42. The van der Waals surface area contributed by atoms with Crippen LogP contribution < -0.4 is 20.7 Å². The number of anilines is 2. The average molecular weight is 317 g/mol. The van der Waals surface area contributed by atoms with Gasteiger partial charge < -0.3 is 20.7 Å². The molecule has 0 fully saturated rings. The molecule has 3 N–H and O–H groups in total. The minimum Gasteiger partial charge on any atom is -0.495 e. The first kappa shape index (κ1) is 14.8. The fourth-order valence-electron chi connectivity index (χ4n) is 2.60. The van der Waals surface area contributed by atoms with Crippen LogP contribution in [0.25, 0.3) is 0 Å². The minimum absolute atomic E-state index is 0.515. The molecular formula is C15H19N5OS. The lowest BCUT2D eigenvalue weighted by Crippen LogP contribution is -2.25.